The average molecular weight is 279 g/mol. The van der Waals surface area contributed by atoms with Gasteiger partial charge in [0.05, 0.1) is 4.92 Å². The molecule has 0 radical (unpaired) electrons. The smallest absolute Gasteiger partial charge is 0.333 e. The van der Waals surface area contributed by atoms with Crippen molar-refractivity contribution < 1.29 is 9.72 Å². The molecule has 1 fully saturated rings. The molecule has 0 aromatic carbocycles. The lowest BCUT2D eigenvalue weighted by atomic mass is 9.96. The van der Waals surface area contributed by atoms with Crippen molar-refractivity contribution in [2.45, 2.75) is 38.1 Å². The first-order chi connectivity index (χ1) is 9.66. The van der Waals surface area contributed by atoms with Crippen molar-refractivity contribution in [3.63, 3.8) is 0 Å². The Bertz CT molecular complexity index is 488. The predicted molar refractivity (Wildman–Crippen MR) is 73.1 cm³/mol. The van der Waals surface area contributed by atoms with E-state index in [1.165, 1.54) is 24.8 Å². The number of nitro groups is 1. The molecule has 1 aliphatic carbocycles. The molecule has 108 valence electrons. The van der Waals surface area contributed by atoms with Crippen molar-refractivity contribution in [3.8, 4) is 0 Å². The summed E-state index contributed by atoms with van der Waals surface area (Å²) >= 11 is 0. The Labute approximate surface area is 116 Å². The number of nitrogens with one attached hydrogen (secondary N) is 3. The second-order valence-corrected chi connectivity index (χ2v) is 4.69. The molecule has 8 heteroatoms. The first-order valence-corrected chi connectivity index (χ1v) is 6.59. The number of carbonyl (C=O) groups is 1. The second kappa shape index (κ2) is 6.69. The fraction of sp³-hybridized carbons (Fsp3) is 0.500. The monoisotopic (exact) mass is 279 g/mol. The number of amides is 2. The number of pyridine rings is 1. The van der Waals surface area contributed by atoms with Crippen LogP contribution in [0.25, 0.3) is 0 Å². The Kier molecular flexibility index (Phi) is 4.70. The summed E-state index contributed by atoms with van der Waals surface area (Å²) in [5.74, 6) is 0.0105. The molecule has 0 bridgehead atoms. The molecule has 20 heavy (non-hydrogen) atoms. The van der Waals surface area contributed by atoms with Gasteiger partial charge in [-0.3, -0.25) is 21.0 Å². The van der Waals surface area contributed by atoms with Crippen LogP contribution in [0.15, 0.2) is 18.3 Å². The fourth-order valence-corrected chi connectivity index (χ4v) is 2.22. The van der Waals surface area contributed by atoms with Crippen molar-refractivity contribution in [1.29, 1.82) is 0 Å². The third-order valence-electron chi connectivity index (χ3n) is 3.22. The van der Waals surface area contributed by atoms with Crippen LogP contribution in [0.2, 0.25) is 0 Å². The Morgan fingerprint density at radius 1 is 1.35 bits per heavy atom. The normalized spacial score (nSPS) is 15.4. The number of hydrazine groups is 1. The van der Waals surface area contributed by atoms with Crippen LogP contribution in [0.1, 0.15) is 32.1 Å². The molecule has 1 saturated carbocycles. The van der Waals surface area contributed by atoms with Gasteiger partial charge in [-0.15, -0.1) is 0 Å². The number of rotatable bonds is 4. The average Bonchev–Trinajstić information content (AvgIpc) is 2.46. The van der Waals surface area contributed by atoms with Crippen molar-refractivity contribution in [3.05, 3.63) is 28.4 Å². The summed E-state index contributed by atoms with van der Waals surface area (Å²) in [5, 5.41) is 13.6. The number of hydrogen-bond donors (Lipinski definition) is 3. The van der Waals surface area contributed by atoms with Gasteiger partial charge < -0.3 is 5.32 Å². The molecule has 2 rings (SSSR count). The van der Waals surface area contributed by atoms with Crippen LogP contribution in [0, 0.1) is 10.1 Å². The van der Waals surface area contributed by atoms with E-state index in [2.05, 4.69) is 21.2 Å². The number of aromatic nitrogens is 1. The molecule has 2 amide bonds. The maximum atomic E-state index is 11.7. The highest BCUT2D eigenvalue weighted by atomic mass is 16.6. The summed E-state index contributed by atoms with van der Waals surface area (Å²) in [6.45, 7) is 0. The highest BCUT2D eigenvalue weighted by Gasteiger charge is 2.17. The maximum Gasteiger partial charge on any atom is 0.333 e. The van der Waals surface area contributed by atoms with E-state index in [0.717, 1.165) is 25.7 Å². The van der Waals surface area contributed by atoms with Gasteiger partial charge in [0.2, 0.25) is 5.82 Å². The fourth-order valence-electron chi connectivity index (χ4n) is 2.22. The highest BCUT2D eigenvalue weighted by molar-refractivity contribution is 5.76. The molecule has 0 spiro atoms. The molecule has 1 aliphatic rings. The molecule has 1 aromatic rings. The lowest BCUT2D eigenvalue weighted by Gasteiger charge is -2.22. The number of hydrogen-bond acceptors (Lipinski definition) is 5. The zero-order chi connectivity index (χ0) is 14.4. The third-order valence-corrected chi connectivity index (χ3v) is 3.22. The Morgan fingerprint density at radius 2 is 2.10 bits per heavy atom. The van der Waals surface area contributed by atoms with E-state index >= 15 is 0 Å². The summed E-state index contributed by atoms with van der Waals surface area (Å²) < 4.78 is 0. The molecular formula is C12H17N5O3. The van der Waals surface area contributed by atoms with Crippen LogP contribution in [0.3, 0.4) is 0 Å². The molecule has 0 unspecified atom stereocenters. The van der Waals surface area contributed by atoms with Crippen LogP contribution >= 0.6 is 0 Å². The number of nitrogens with zero attached hydrogens (tertiary/aromatic N) is 2. The first-order valence-electron chi connectivity index (χ1n) is 6.59. The van der Waals surface area contributed by atoms with E-state index < -0.39 is 11.0 Å². The second-order valence-electron chi connectivity index (χ2n) is 4.69. The van der Waals surface area contributed by atoms with E-state index in [0.29, 0.717) is 0 Å². The quantitative estimate of drug-likeness (QED) is 0.576. The van der Waals surface area contributed by atoms with E-state index in [9.17, 15) is 14.9 Å². The minimum Gasteiger partial charge on any atom is -0.334 e. The van der Waals surface area contributed by atoms with Crippen LogP contribution in [-0.4, -0.2) is 22.0 Å². The van der Waals surface area contributed by atoms with Gasteiger partial charge in [-0.25, -0.2) is 9.78 Å². The van der Waals surface area contributed by atoms with Crippen LogP contribution in [0.4, 0.5) is 16.3 Å². The lowest BCUT2D eigenvalue weighted by molar-refractivity contribution is -0.384. The van der Waals surface area contributed by atoms with Crippen molar-refractivity contribution >= 4 is 17.5 Å². The minimum atomic E-state index is -0.559. The SMILES string of the molecule is O=C(NNc1ncccc1[N+](=O)[O-])NC1CCCCC1. The summed E-state index contributed by atoms with van der Waals surface area (Å²) in [6.07, 6.45) is 6.79. The molecular weight excluding hydrogens is 262 g/mol. The van der Waals surface area contributed by atoms with E-state index in [-0.39, 0.29) is 17.5 Å². The van der Waals surface area contributed by atoms with Gasteiger partial charge in [-0.05, 0) is 18.9 Å². The topological polar surface area (TPSA) is 109 Å². The summed E-state index contributed by atoms with van der Waals surface area (Å²) in [6, 6.07) is 2.54. The van der Waals surface area contributed by atoms with Gasteiger partial charge in [0.1, 0.15) is 0 Å². The van der Waals surface area contributed by atoms with Gasteiger partial charge in [-0.2, -0.15) is 0 Å². The van der Waals surface area contributed by atoms with Gasteiger partial charge >= 0.3 is 11.7 Å². The molecule has 3 N–H and O–H groups in total. The number of carbonyl (C=O) groups excluding carboxylic acids is 1. The maximum absolute atomic E-state index is 11.7. The zero-order valence-corrected chi connectivity index (χ0v) is 11.0. The predicted octanol–water partition coefficient (Wildman–Crippen LogP) is 1.95. The van der Waals surface area contributed by atoms with Crippen LogP contribution < -0.4 is 16.2 Å². The van der Waals surface area contributed by atoms with Gasteiger partial charge in [0.25, 0.3) is 0 Å². The van der Waals surface area contributed by atoms with Gasteiger partial charge in [0.15, 0.2) is 0 Å². The molecule has 0 saturated heterocycles. The van der Waals surface area contributed by atoms with Gasteiger partial charge in [-0.1, -0.05) is 19.3 Å². The molecule has 8 nitrogen and oxygen atoms in total. The van der Waals surface area contributed by atoms with Gasteiger partial charge in [0, 0.05) is 18.3 Å². The molecule has 0 aliphatic heterocycles. The highest BCUT2D eigenvalue weighted by Crippen LogP contribution is 2.19. The minimum absolute atomic E-state index is 0.0105. The third kappa shape index (κ3) is 3.81. The van der Waals surface area contributed by atoms with Crippen LogP contribution in [-0.2, 0) is 0 Å². The Morgan fingerprint density at radius 3 is 2.80 bits per heavy atom. The number of urea groups is 1. The van der Waals surface area contributed by atoms with Crippen molar-refractivity contribution in [2.75, 3.05) is 5.43 Å². The van der Waals surface area contributed by atoms with Crippen molar-refractivity contribution in [2.24, 2.45) is 0 Å². The van der Waals surface area contributed by atoms with Crippen LogP contribution in [0.5, 0.6) is 0 Å². The van der Waals surface area contributed by atoms with E-state index in [4.69, 9.17) is 0 Å². The molecule has 0 atom stereocenters. The summed E-state index contributed by atoms with van der Waals surface area (Å²) in [7, 11) is 0. The van der Waals surface area contributed by atoms with E-state index in [1.807, 2.05) is 0 Å². The number of anilines is 1. The zero-order valence-electron chi connectivity index (χ0n) is 11.0. The standard InChI is InChI=1S/C12H17N5O3/c18-12(14-9-5-2-1-3-6-9)16-15-11-10(17(19)20)7-4-8-13-11/h4,7-9H,1-3,5-6H2,(H,13,15)(H2,14,16,18). The molecule has 1 heterocycles. The summed E-state index contributed by atoms with van der Waals surface area (Å²) in [5.41, 5.74) is 4.65. The largest absolute Gasteiger partial charge is 0.334 e. The molecule has 1 aromatic heterocycles. The first kappa shape index (κ1) is 14.0. The van der Waals surface area contributed by atoms with E-state index in [1.54, 1.807) is 0 Å². The summed E-state index contributed by atoms with van der Waals surface area (Å²) in [4.78, 5) is 25.7. The van der Waals surface area contributed by atoms with Crippen molar-refractivity contribution in [1.82, 2.24) is 15.7 Å². The lowest BCUT2D eigenvalue weighted by Crippen LogP contribution is -2.45. The Balaban J connectivity index is 1.85. The Hall–Kier alpha value is -2.38.